The van der Waals surface area contributed by atoms with Crippen LogP contribution in [0.5, 0.6) is 0 Å². The van der Waals surface area contributed by atoms with Gasteiger partial charge in [0.2, 0.25) is 0 Å². The maximum atomic E-state index is 8.93. The summed E-state index contributed by atoms with van der Waals surface area (Å²) in [6.45, 7) is 4.06. The van der Waals surface area contributed by atoms with Crippen molar-refractivity contribution in [1.82, 2.24) is 9.78 Å². The van der Waals surface area contributed by atoms with Gasteiger partial charge in [-0.3, -0.25) is 0 Å². The van der Waals surface area contributed by atoms with Gasteiger partial charge < -0.3 is 5.11 Å². The Kier molecular flexibility index (Phi) is 4.57. The molecule has 0 aliphatic heterocycles. The van der Waals surface area contributed by atoms with Gasteiger partial charge in [-0.05, 0) is 23.8 Å². The molecule has 0 fully saturated rings. The van der Waals surface area contributed by atoms with Crippen LogP contribution in [0.25, 0.3) is 5.69 Å². The zero-order chi connectivity index (χ0) is 11.1. The second-order valence-corrected chi connectivity index (χ2v) is 2.78. The molecule has 1 N–H and O–H groups in total. The predicted octanol–water partition coefficient (Wildman–Crippen LogP) is 2.39. The number of aromatic nitrogens is 2. The Morgan fingerprint density at radius 2 is 2.07 bits per heavy atom. The van der Waals surface area contributed by atoms with E-state index in [1.54, 1.807) is 10.9 Å². The van der Waals surface area contributed by atoms with Gasteiger partial charge in [-0.25, -0.2) is 4.68 Å². The third kappa shape index (κ3) is 2.92. The van der Waals surface area contributed by atoms with Crippen LogP contribution in [0.2, 0.25) is 0 Å². The summed E-state index contributed by atoms with van der Waals surface area (Å²) in [5.41, 5.74) is 1.87. The smallest absolute Gasteiger partial charge is 0.0682 e. The fraction of sp³-hybridized carbons (Fsp3) is 0.250. The lowest BCUT2D eigenvalue weighted by atomic mass is 10.2. The van der Waals surface area contributed by atoms with Gasteiger partial charge in [0.25, 0.3) is 0 Å². The van der Waals surface area contributed by atoms with Gasteiger partial charge in [0.05, 0.1) is 12.3 Å². The third-order valence-corrected chi connectivity index (χ3v) is 1.86. The second kappa shape index (κ2) is 5.98. The van der Waals surface area contributed by atoms with E-state index in [2.05, 4.69) is 5.10 Å². The Balaban J connectivity index is 0.000000531. The van der Waals surface area contributed by atoms with E-state index in [4.69, 9.17) is 5.11 Å². The zero-order valence-corrected chi connectivity index (χ0v) is 9.09. The van der Waals surface area contributed by atoms with E-state index in [1.165, 1.54) is 0 Å². The summed E-state index contributed by atoms with van der Waals surface area (Å²) in [6.07, 6.45) is 3.60. The lowest BCUT2D eigenvalue weighted by Crippen LogP contribution is -1.95. The van der Waals surface area contributed by atoms with Crippen molar-refractivity contribution in [2.75, 3.05) is 0 Å². The van der Waals surface area contributed by atoms with Crippen molar-refractivity contribution < 1.29 is 5.11 Å². The highest BCUT2D eigenvalue weighted by Gasteiger charge is 1.96. The van der Waals surface area contributed by atoms with E-state index in [1.807, 2.05) is 50.4 Å². The van der Waals surface area contributed by atoms with Crippen LogP contribution >= 0.6 is 0 Å². The molecule has 0 bridgehead atoms. The highest BCUT2D eigenvalue weighted by molar-refractivity contribution is 5.34. The average molecular weight is 204 g/mol. The molecule has 0 saturated heterocycles. The molecule has 1 heterocycles. The summed E-state index contributed by atoms with van der Waals surface area (Å²) < 4.78 is 1.76. The maximum absolute atomic E-state index is 8.93. The van der Waals surface area contributed by atoms with E-state index in [0.717, 1.165) is 11.3 Å². The summed E-state index contributed by atoms with van der Waals surface area (Å²) in [5, 5.41) is 13.0. The van der Waals surface area contributed by atoms with Crippen LogP contribution in [-0.2, 0) is 6.61 Å². The Bertz CT molecular complexity index is 382. The Labute approximate surface area is 90.0 Å². The first-order valence-corrected chi connectivity index (χ1v) is 5.10. The van der Waals surface area contributed by atoms with Crippen molar-refractivity contribution in [1.29, 1.82) is 0 Å². The lowest BCUT2D eigenvalue weighted by Gasteiger charge is -2.02. The van der Waals surface area contributed by atoms with E-state index in [0.29, 0.717) is 0 Å². The third-order valence-electron chi connectivity index (χ3n) is 1.86. The number of hydrogen-bond donors (Lipinski definition) is 1. The second-order valence-electron chi connectivity index (χ2n) is 2.78. The molecule has 3 heteroatoms. The molecule has 0 amide bonds. The Hall–Kier alpha value is -1.61. The van der Waals surface area contributed by atoms with Crippen molar-refractivity contribution in [2.24, 2.45) is 0 Å². The summed E-state index contributed by atoms with van der Waals surface area (Å²) in [6, 6.07) is 9.51. The summed E-state index contributed by atoms with van der Waals surface area (Å²) in [7, 11) is 0. The van der Waals surface area contributed by atoms with Crippen LogP contribution in [0.3, 0.4) is 0 Å². The Morgan fingerprint density at radius 1 is 1.27 bits per heavy atom. The first kappa shape index (κ1) is 11.5. The highest BCUT2D eigenvalue weighted by atomic mass is 16.3. The fourth-order valence-corrected chi connectivity index (χ4v) is 1.22. The number of benzene rings is 1. The standard InChI is InChI=1S/C10H10N2O.C2H6/c13-8-9-3-1-4-10(7-9)12-6-2-5-11-12;1-2/h1-7,13H,8H2;1-2H3. The largest absolute Gasteiger partial charge is 0.392 e. The van der Waals surface area contributed by atoms with Gasteiger partial charge in [0.1, 0.15) is 0 Å². The lowest BCUT2D eigenvalue weighted by molar-refractivity contribution is 0.282. The van der Waals surface area contributed by atoms with Gasteiger partial charge in [0, 0.05) is 12.4 Å². The van der Waals surface area contributed by atoms with Gasteiger partial charge in [0.15, 0.2) is 0 Å². The predicted molar refractivity (Wildman–Crippen MR) is 60.8 cm³/mol. The quantitative estimate of drug-likeness (QED) is 0.815. The molecular formula is C12H16N2O. The number of rotatable bonds is 2. The zero-order valence-electron chi connectivity index (χ0n) is 9.09. The normalized spacial score (nSPS) is 9.27. The SMILES string of the molecule is CC.OCc1cccc(-n2cccn2)c1. The average Bonchev–Trinajstić information content (AvgIpc) is 2.85. The molecule has 0 spiro atoms. The van der Waals surface area contributed by atoms with Crippen molar-refractivity contribution in [3.63, 3.8) is 0 Å². The van der Waals surface area contributed by atoms with E-state index in [-0.39, 0.29) is 6.61 Å². The van der Waals surface area contributed by atoms with Gasteiger partial charge in [-0.15, -0.1) is 0 Å². The number of hydrogen-bond acceptors (Lipinski definition) is 2. The van der Waals surface area contributed by atoms with Crippen LogP contribution in [0.1, 0.15) is 19.4 Å². The topological polar surface area (TPSA) is 38.0 Å². The van der Waals surface area contributed by atoms with Crippen molar-refractivity contribution in [3.05, 3.63) is 48.3 Å². The van der Waals surface area contributed by atoms with Gasteiger partial charge in [-0.2, -0.15) is 5.10 Å². The highest BCUT2D eigenvalue weighted by Crippen LogP contribution is 2.08. The van der Waals surface area contributed by atoms with Gasteiger partial charge >= 0.3 is 0 Å². The molecule has 0 aliphatic rings. The molecule has 0 aliphatic carbocycles. The summed E-state index contributed by atoms with van der Waals surface area (Å²) in [4.78, 5) is 0. The van der Waals surface area contributed by atoms with E-state index < -0.39 is 0 Å². The maximum Gasteiger partial charge on any atom is 0.0682 e. The number of aliphatic hydroxyl groups excluding tert-OH is 1. The first-order chi connectivity index (χ1) is 7.40. The minimum atomic E-state index is 0.0646. The molecule has 0 unspecified atom stereocenters. The molecule has 0 radical (unpaired) electrons. The molecular weight excluding hydrogens is 188 g/mol. The molecule has 3 nitrogen and oxygen atoms in total. The summed E-state index contributed by atoms with van der Waals surface area (Å²) in [5.74, 6) is 0. The molecule has 15 heavy (non-hydrogen) atoms. The molecule has 0 saturated carbocycles. The van der Waals surface area contributed by atoms with Gasteiger partial charge in [-0.1, -0.05) is 26.0 Å². The Morgan fingerprint density at radius 3 is 2.67 bits per heavy atom. The van der Waals surface area contributed by atoms with Crippen LogP contribution in [0, 0.1) is 0 Å². The van der Waals surface area contributed by atoms with Crippen LogP contribution < -0.4 is 0 Å². The van der Waals surface area contributed by atoms with Crippen molar-refractivity contribution in [3.8, 4) is 5.69 Å². The van der Waals surface area contributed by atoms with E-state index >= 15 is 0 Å². The molecule has 1 aromatic carbocycles. The molecule has 0 atom stereocenters. The van der Waals surface area contributed by atoms with Crippen LogP contribution in [0.4, 0.5) is 0 Å². The van der Waals surface area contributed by atoms with Crippen molar-refractivity contribution in [2.45, 2.75) is 20.5 Å². The monoisotopic (exact) mass is 204 g/mol. The fourth-order valence-electron chi connectivity index (χ4n) is 1.22. The molecule has 2 aromatic rings. The minimum Gasteiger partial charge on any atom is -0.392 e. The van der Waals surface area contributed by atoms with Crippen LogP contribution in [-0.4, -0.2) is 14.9 Å². The van der Waals surface area contributed by atoms with Crippen LogP contribution in [0.15, 0.2) is 42.7 Å². The molecule has 2 rings (SSSR count). The molecule has 80 valence electrons. The number of nitrogens with zero attached hydrogens (tertiary/aromatic N) is 2. The first-order valence-electron chi connectivity index (χ1n) is 5.10. The van der Waals surface area contributed by atoms with Crippen molar-refractivity contribution >= 4 is 0 Å². The number of aliphatic hydroxyl groups is 1. The molecule has 1 aromatic heterocycles. The van der Waals surface area contributed by atoms with E-state index in [9.17, 15) is 0 Å². The summed E-state index contributed by atoms with van der Waals surface area (Å²) >= 11 is 0. The minimum absolute atomic E-state index is 0.0646.